The predicted molar refractivity (Wildman–Crippen MR) is 81.1 cm³/mol. The molecule has 112 valence electrons. The normalized spacial score (nSPS) is 11.5. The predicted octanol–water partition coefficient (Wildman–Crippen LogP) is 4.49. The van der Waals surface area contributed by atoms with Crippen LogP contribution in [0.1, 0.15) is 5.56 Å². The van der Waals surface area contributed by atoms with Crippen LogP contribution in [-0.2, 0) is 10.0 Å². The zero-order valence-corrected chi connectivity index (χ0v) is 13.8. The van der Waals surface area contributed by atoms with Crippen molar-refractivity contribution in [3.63, 3.8) is 0 Å². The molecule has 0 saturated carbocycles. The molecule has 0 saturated heterocycles. The number of benzene rings is 2. The van der Waals surface area contributed by atoms with E-state index in [9.17, 15) is 17.2 Å². The second kappa shape index (κ2) is 5.90. The molecule has 2 rings (SSSR count). The lowest BCUT2D eigenvalue weighted by Crippen LogP contribution is -2.16. The number of nitrogens with one attached hydrogen (secondary N) is 1. The molecule has 0 fully saturated rings. The third kappa shape index (κ3) is 3.53. The van der Waals surface area contributed by atoms with E-state index in [-0.39, 0.29) is 10.2 Å². The second-order valence-corrected chi connectivity index (χ2v) is 7.17. The van der Waals surface area contributed by atoms with E-state index in [2.05, 4.69) is 20.7 Å². The Labute approximate surface area is 134 Å². The highest BCUT2D eigenvalue weighted by Crippen LogP contribution is 2.29. The van der Waals surface area contributed by atoms with Gasteiger partial charge in [-0.1, -0.05) is 11.6 Å². The first-order valence-electron chi connectivity index (χ1n) is 5.64. The average molecular weight is 397 g/mol. The van der Waals surface area contributed by atoms with E-state index in [1.165, 1.54) is 12.1 Å². The molecule has 0 aromatic heterocycles. The number of hydrogen-bond acceptors (Lipinski definition) is 2. The van der Waals surface area contributed by atoms with Crippen LogP contribution >= 0.6 is 27.5 Å². The lowest BCUT2D eigenvalue weighted by molar-refractivity contribution is 0.548. The largest absolute Gasteiger partial charge is 0.279 e. The molecule has 0 heterocycles. The number of hydrogen-bond donors (Lipinski definition) is 1. The van der Waals surface area contributed by atoms with Crippen molar-refractivity contribution < 1.29 is 17.2 Å². The summed E-state index contributed by atoms with van der Waals surface area (Å²) in [5.41, 5.74) is 0.833. The standard InChI is InChI=1S/C13H9BrClF2NO2S/c1-7-4-8(15)2-3-12(7)18-21(19,20)13-10(14)5-9(16)6-11(13)17/h2-6,18H,1H3. The Kier molecular flexibility index (Phi) is 4.55. The maximum atomic E-state index is 13.8. The van der Waals surface area contributed by atoms with Crippen molar-refractivity contribution >= 4 is 43.2 Å². The zero-order chi connectivity index (χ0) is 15.8. The first-order chi connectivity index (χ1) is 9.70. The fraction of sp³-hybridized carbons (Fsp3) is 0.0769. The van der Waals surface area contributed by atoms with Crippen molar-refractivity contribution in [1.29, 1.82) is 0 Å². The molecular weight excluding hydrogens is 388 g/mol. The van der Waals surface area contributed by atoms with Crippen molar-refractivity contribution in [2.45, 2.75) is 11.8 Å². The minimum absolute atomic E-state index is 0.195. The molecular formula is C13H9BrClF2NO2S. The summed E-state index contributed by atoms with van der Waals surface area (Å²) < 4.78 is 53.4. The fourth-order valence-corrected chi connectivity index (χ4v) is 4.25. The molecule has 0 aliphatic rings. The number of anilines is 1. The highest BCUT2D eigenvalue weighted by Gasteiger charge is 2.24. The summed E-state index contributed by atoms with van der Waals surface area (Å²) in [7, 11) is -4.21. The Balaban J connectivity index is 2.48. The first-order valence-corrected chi connectivity index (χ1v) is 8.29. The minimum atomic E-state index is -4.21. The van der Waals surface area contributed by atoms with Gasteiger partial charge in [0.25, 0.3) is 10.0 Å². The molecule has 0 amide bonds. The van der Waals surface area contributed by atoms with Gasteiger partial charge in [-0.05, 0) is 52.7 Å². The van der Waals surface area contributed by atoms with E-state index in [1.54, 1.807) is 13.0 Å². The Morgan fingerprint density at radius 3 is 2.43 bits per heavy atom. The molecule has 21 heavy (non-hydrogen) atoms. The molecule has 0 atom stereocenters. The van der Waals surface area contributed by atoms with E-state index in [4.69, 9.17) is 11.6 Å². The maximum absolute atomic E-state index is 13.8. The summed E-state index contributed by atoms with van der Waals surface area (Å²) in [5, 5.41) is 0.449. The SMILES string of the molecule is Cc1cc(Cl)ccc1NS(=O)(=O)c1c(F)cc(F)cc1Br. The Bertz CT molecular complexity index is 789. The van der Waals surface area contributed by atoms with Gasteiger partial charge < -0.3 is 0 Å². The van der Waals surface area contributed by atoms with Gasteiger partial charge in [0.1, 0.15) is 16.5 Å². The van der Waals surface area contributed by atoms with E-state index < -0.39 is 26.6 Å². The first kappa shape index (κ1) is 16.2. The highest BCUT2D eigenvalue weighted by atomic mass is 79.9. The molecule has 0 aliphatic carbocycles. The number of sulfonamides is 1. The fourth-order valence-electron chi connectivity index (χ4n) is 1.72. The topological polar surface area (TPSA) is 46.2 Å². The van der Waals surface area contributed by atoms with Gasteiger partial charge in [0.15, 0.2) is 0 Å². The monoisotopic (exact) mass is 395 g/mol. The molecule has 3 nitrogen and oxygen atoms in total. The van der Waals surface area contributed by atoms with Crippen LogP contribution in [0.3, 0.4) is 0 Å². The van der Waals surface area contributed by atoms with Crippen molar-refractivity contribution in [1.82, 2.24) is 0 Å². The van der Waals surface area contributed by atoms with Crippen LogP contribution in [0, 0.1) is 18.6 Å². The van der Waals surface area contributed by atoms with Gasteiger partial charge >= 0.3 is 0 Å². The number of rotatable bonds is 3. The van der Waals surface area contributed by atoms with Gasteiger partial charge in [-0.3, -0.25) is 4.72 Å². The van der Waals surface area contributed by atoms with Gasteiger partial charge in [0.05, 0.1) is 5.69 Å². The minimum Gasteiger partial charge on any atom is -0.279 e. The van der Waals surface area contributed by atoms with E-state index in [1.807, 2.05) is 0 Å². The van der Waals surface area contributed by atoms with Crippen molar-refractivity contribution in [2.24, 2.45) is 0 Å². The molecule has 8 heteroatoms. The Hall–Kier alpha value is -1.18. The summed E-state index contributed by atoms with van der Waals surface area (Å²) in [6, 6.07) is 5.92. The summed E-state index contributed by atoms with van der Waals surface area (Å²) in [5.74, 6) is -2.05. The van der Waals surface area contributed by atoms with Gasteiger partial charge in [0.2, 0.25) is 0 Å². The van der Waals surface area contributed by atoms with Crippen LogP contribution in [0.4, 0.5) is 14.5 Å². The van der Waals surface area contributed by atoms with Gasteiger partial charge in [-0.2, -0.15) is 0 Å². The summed E-state index contributed by atoms with van der Waals surface area (Å²) in [6.07, 6.45) is 0. The van der Waals surface area contributed by atoms with Crippen molar-refractivity contribution in [3.05, 3.63) is 57.0 Å². The number of halogens is 4. The van der Waals surface area contributed by atoms with Gasteiger partial charge in [0, 0.05) is 15.6 Å². The number of aryl methyl sites for hydroxylation is 1. The third-order valence-electron chi connectivity index (χ3n) is 2.66. The van der Waals surface area contributed by atoms with Crippen LogP contribution in [-0.4, -0.2) is 8.42 Å². The van der Waals surface area contributed by atoms with Gasteiger partial charge in [-0.25, -0.2) is 17.2 Å². The van der Waals surface area contributed by atoms with Crippen molar-refractivity contribution in [3.8, 4) is 0 Å². The Morgan fingerprint density at radius 1 is 1.19 bits per heavy atom. The zero-order valence-electron chi connectivity index (χ0n) is 10.6. The van der Waals surface area contributed by atoms with Gasteiger partial charge in [-0.15, -0.1) is 0 Å². The molecule has 0 radical (unpaired) electrons. The lowest BCUT2D eigenvalue weighted by atomic mass is 10.2. The molecule has 0 aliphatic heterocycles. The highest BCUT2D eigenvalue weighted by molar-refractivity contribution is 9.10. The second-order valence-electron chi connectivity index (χ2n) is 4.26. The lowest BCUT2D eigenvalue weighted by Gasteiger charge is -2.12. The Morgan fingerprint density at radius 2 is 1.86 bits per heavy atom. The van der Waals surface area contributed by atoms with Crippen LogP contribution in [0.25, 0.3) is 0 Å². The van der Waals surface area contributed by atoms with Crippen LogP contribution < -0.4 is 4.72 Å². The van der Waals surface area contributed by atoms with Crippen LogP contribution in [0.15, 0.2) is 39.7 Å². The quantitative estimate of drug-likeness (QED) is 0.831. The molecule has 0 bridgehead atoms. The van der Waals surface area contributed by atoms with E-state index >= 15 is 0 Å². The molecule has 2 aromatic rings. The average Bonchev–Trinajstić information content (AvgIpc) is 2.30. The summed E-state index contributed by atoms with van der Waals surface area (Å²) in [4.78, 5) is -0.654. The van der Waals surface area contributed by atoms with E-state index in [0.29, 0.717) is 16.7 Å². The smallest absolute Gasteiger partial charge is 0.265 e. The maximum Gasteiger partial charge on any atom is 0.265 e. The van der Waals surface area contributed by atoms with Crippen LogP contribution in [0.5, 0.6) is 0 Å². The van der Waals surface area contributed by atoms with Crippen LogP contribution in [0.2, 0.25) is 5.02 Å². The molecule has 2 aromatic carbocycles. The molecule has 0 spiro atoms. The third-order valence-corrected chi connectivity index (χ3v) is 5.23. The van der Waals surface area contributed by atoms with Crippen molar-refractivity contribution in [2.75, 3.05) is 4.72 Å². The summed E-state index contributed by atoms with van der Waals surface area (Å²) in [6.45, 7) is 1.65. The van der Waals surface area contributed by atoms with E-state index in [0.717, 1.165) is 6.07 Å². The molecule has 0 unspecified atom stereocenters. The molecule has 1 N–H and O–H groups in total. The summed E-state index contributed by atoms with van der Waals surface area (Å²) >= 11 is 8.64.